The highest BCUT2D eigenvalue weighted by Crippen LogP contribution is 2.12. The molecule has 0 aliphatic heterocycles. The third-order valence-electron chi connectivity index (χ3n) is 3.44. The molecule has 0 radical (unpaired) electrons. The van der Waals surface area contributed by atoms with Crippen molar-refractivity contribution in [2.45, 2.75) is 33.7 Å². The summed E-state index contributed by atoms with van der Waals surface area (Å²) < 4.78 is 5.09. The van der Waals surface area contributed by atoms with Gasteiger partial charge in [0.15, 0.2) is 0 Å². The van der Waals surface area contributed by atoms with Crippen molar-refractivity contribution in [3.05, 3.63) is 46.6 Å². The minimum atomic E-state index is -0.178. The van der Waals surface area contributed by atoms with Crippen molar-refractivity contribution in [2.75, 3.05) is 6.54 Å². The van der Waals surface area contributed by atoms with E-state index in [2.05, 4.69) is 20.8 Å². The Balaban J connectivity index is 1.90. The van der Waals surface area contributed by atoms with Gasteiger partial charge in [-0.05, 0) is 32.4 Å². The van der Waals surface area contributed by atoms with E-state index in [1.807, 2.05) is 13.8 Å². The molecule has 0 fully saturated rings. The highest BCUT2D eigenvalue weighted by atomic mass is 16.5. The Morgan fingerprint density at radius 3 is 2.70 bits per heavy atom. The van der Waals surface area contributed by atoms with Crippen molar-refractivity contribution < 1.29 is 14.1 Å². The van der Waals surface area contributed by atoms with Gasteiger partial charge in [-0.15, -0.1) is 0 Å². The van der Waals surface area contributed by atoms with Crippen LogP contribution in [-0.2, 0) is 17.8 Å². The fourth-order valence-corrected chi connectivity index (χ4v) is 2.19. The fourth-order valence-electron chi connectivity index (χ4n) is 2.19. The van der Waals surface area contributed by atoms with Gasteiger partial charge in [-0.3, -0.25) is 14.6 Å². The Hall–Kier alpha value is -2.70. The molecule has 2 aromatic heterocycles. The molecule has 0 spiro atoms. The van der Waals surface area contributed by atoms with Crippen LogP contribution in [0, 0.1) is 13.8 Å². The van der Waals surface area contributed by atoms with Crippen LogP contribution >= 0.6 is 0 Å². The van der Waals surface area contributed by atoms with Crippen LogP contribution in [0.1, 0.15) is 40.0 Å². The largest absolute Gasteiger partial charge is 0.361 e. The molecule has 2 N–H and O–H groups in total. The second kappa shape index (κ2) is 7.53. The second-order valence-electron chi connectivity index (χ2n) is 5.25. The lowest BCUT2D eigenvalue weighted by Gasteiger charge is -2.07. The molecule has 0 aliphatic carbocycles. The molecule has 2 rings (SSSR count). The lowest BCUT2D eigenvalue weighted by atomic mass is 10.1. The Bertz CT molecular complexity index is 690. The van der Waals surface area contributed by atoms with Crippen molar-refractivity contribution in [3.8, 4) is 0 Å². The average molecular weight is 316 g/mol. The fraction of sp³-hybridized carbons (Fsp3) is 0.375. The molecule has 122 valence electrons. The van der Waals surface area contributed by atoms with Crippen LogP contribution in [0.2, 0.25) is 0 Å². The second-order valence-corrected chi connectivity index (χ2v) is 5.25. The number of carbonyl (C=O) groups is 2. The van der Waals surface area contributed by atoms with Crippen LogP contribution in [0.5, 0.6) is 0 Å². The molecule has 2 heterocycles. The van der Waals surface area contributed by atoms with E-state index in [0.29, 0.717) is 30.8 Å². The van der Waals surface area contributed by atoms with Gasteiger partial charge in [0, 0.05) is 30.8 Å². The summed E-state index contributed by atoms with van der Waals surface area (Å²) in [4.78, 5) is 27.2. The number of rotatable bonds is 6. The van der Waals surface area contributed by atoms with Gasteiger partial charge in [0.05, 0.1) is 17.9 Å². The smallest absolute Gasteiger partial charge is 0.251 e. The molecular weight excluding hydrogens is 296 g/mol. The van der Waals surface area contributed by atoms with Crippen molar-refractivity contribution in [2.24, 2.45) is 0 Å². The SMILES string of the molecule is CC(=O)NCc1cc(C(=O)NCCc2c(C)noc2C)ccn1. The van der Waals surface area contributed by atoms with E-state index in [1.54, 1.807) is 18.3 Å². The standard InChI is InChI=1S/C16H20N4O3/c1-10-15(11(2)23-20-10)5-7-18-16(22)13-4-6-17-14(8-13)9-19-12(3)21/h4,6,8H,5,7,9H2,1-3H3,(H,18,22)(H,19,21). The summed E-state index contributed by atoms with van der Waals surface area (Å²) in [5, 5.41) is 9.40. The molecule has 0 saturated heterocycles. The van der Waals surface area contributed by atoms with E-state index >= 15 is 0 Å². The predicted octanol–water partition coefficient (Wildman–Crippen LogP) is 1.30. The molecule has 2 aromatic rings. The first kappa shape index (κ1) is 16.7. The van der Waals surface area contributed by atoms with Gasteiger partial charge >= 0.3 is 0 Å². The van der Waals surface area contributed by atoms with E-state index in [0.717, 1.165) is 17.0 Å². The van der Waals surface area contributed by atoms with Gasteiger partial charge < -0.3 is 15.2 Å². The van der Waals surface area contributed by atoms with Crippen LogP contribution in [-0.4, -0.2) is 28.5 Å². The van der Waals surface area contributed by atoms with Crippen LogP contribution in [0.3, 0.4) is 0 Å². The number of aryl methyl sites for hydroxylation is 2. The highest BCUT2D eigenvalue weighted by molar-refractivity contribution is 5.94. The van der Waals surface area contributed by atoms with Crippen LogP contribution in [0.25, 0.3) is 0 Å². The Labute approximate surface area is 134 Å². The van der Waals surface area contributed by atoms with Crippen molar-refractivity contribution in [1.29, 1.82) is 0 Å². The van der Waals surface area contributed by atoms with E-state index in [9.17, 15) is 9.59 Å². The summed E-state index contributed by atoms with van der Waals surface area (Å²) in [5.41, 5.74) is 3.02. The topological polar surface area (TPSA) is 97.1 Å². The lowest BCUT2D eigenvalue weighted by Crippen LogP contribution is -2.26. The maximum absolute atomic E-state index is 12.2. The lowest BCUT2D eigenvalue weighted by molar-refractivity contribution is -0.119. The quantitative estimate of drug-likeness (QED) is 0.837. The van der Waals surface area contributed by atoms with Crippen LogP contribution in [0.4, 0.5) is 0 Å². The first-order valence-electron chi connectivity index (χ1n) is 7.36. The Morgan fingerprint density at radius 1 is 1.26 bits per heavy atom. The van der Waals surface area contributed by atoms with E-state index in [1.165, 1.54) is 6.92 Å². The van der Waals surface area contributed by atoms with E-state index < -0.39 is 0 Å². The number of amides is 2. The predicted molar refractivity (Wildman–Crippen MR) is 83.8 cm³/mol. The van der Waals surface area contributed by atoms with Gasteiger partial charge in [0.1, 0.15) is 5.76 Å². The zero-order chi connectivity index (χ0) is 16.8. The average Bonchev–Trinajstić information content (AvgIpc) is 2.85. The van der Waals surface area contributed by atoms with E-state index in [4.69, 9.17) is 4.52 Å². The summed E-state index contributed by atoms with van der Waals surface area (Å²) in [6, 6.07) is 3.31. The molecule has 0 saturated carbocycles. The van der Waals surface area contributed by atoms with Crippen LogP contribution in [0.15, 0.2) is 22.9 Å². The summed E-state index contributed by atoms with van der Waals surface area (Å²) in [6.45, 7) is 5.96. The molecule has 7 heteroatoms. The molecular formula is C16H20N4O3. The summed E-state index contributed by atoms with van der Waals surface area (Å²) in [6.07, 6.45) is 2.22. The Kier molecular flexibility index (Phi) is 5.46. The molecule has 0 unspecified atom stereocenters. The Morgan fingerprint density at radius 2 is 2.04 bits per heavy atom. The van der Waals surface area contributed by atoms with Gasteiger partial charge in [-0.1, -0.05) is 5.16 Å². The molecule has 0 aliphatic rings. The number of pyridine rings is 1. The monoisotopic (exact) mass is 316 g/mol. The normalized spacial score (nSPS) is 10.4. The maximum Gasteiger partial charge on any atom is 0.251 e. The number of nitrogens with zero attached hydrogens (tertiary/aromatic N) is 2. The van der Waals surface area contributed by atoms with Gasteiger partial charge in [-0.2, -0.15) is 0 Å². The maximum atomic E-state index is 12.2. The molecule has 0 atom stereocenters. The number of hydrogen-bond donors (Lipinski definition) is 2. The van der Waals surface area contributed by atoms with Gasteiger partial charge in [-0.25, -0.2) is 0 Å². The van der Waals surface area contributed by atoms with Crippen LogP contribution < -0.4 is 10.6 Å². The molecule has 2 amide bonds. The molecule has 23 heavy (non-hydrogen) atoms. The molecule has 0 bridgehead atoms. The van der Waals surface area contributed by atoms with Crippen molar-refractivity contribution in [3.63, 3.8) is 0 Å². The van der Waals surface area contributed by atoms with E-state index in [-0.39, 0.29) is 11.8 Å². The minimum Gasteiger partial charge on any atom is -0.361 e. The minimum absolute atomic E-state index is 0.138. The number of carbonyl (C=O) groups excluding carboxylic acids is 2. The third kappa shape index (κ3) is 4.64. The van der Waals surface area contributed by atoms with Crippen molar-refractivity contribution in [1.82, 2.24) is 20.8 Å². The van der Waals surface area contributed by atoms with Gasteiger partial charge in [0.2, 0.25) is 5.91 Å². The first-order valence-corrected chi connectivity index (χ1v) is 7.36. The summed E-state index contributed by atoms with van der Waals surface area (Å²) >= 11 is 0. The molecule has 7 nitrogen and oxygen atoms in total. The summed E-state index contributed by atoms with van der Waals surface area (Å²) in [7, 11) is 0. The van der Waals surface area contributed by atoms with Crippen molar-refractivity contribution >= 4 is 11.8 Å². The first-order chi connectivity index (χ1) is 11.0. The highest BCUT2D eigenvalue weighted by Gasteiger charge is 2.10. The zero-order valence-corrected chi connectivity index (χ0v) is 13.5. The summed E-state index contributed by atoms with van der Waals surface area (Å²) in [5.74, 6) is 0.461. The number of nitrogens with one attached hydrogen (secondary N) is 2. The van der Waals surface area contributed by atoms with Gasteiger partial charge in [0.25, 0.3) is 5.91 Å². The third-order valence-corrected chi connectivity index (χ3v) is 3.44. The number of hydrogen-bond acceptors (Lipinski definition) is 5. The zero-order valence-electron chi connectivity index (χ0n) is 13.5. The number of aromatic nitrogens is 2. The molecule has 0 aromatic carbocycles.